The zero-order valence-corrected chi connectivity index (χ0v) is 14.4. The predicted molar refractivity (Wildman–Crippen MR) is 94.4 cm³/mol. The van der Waals surface area contributed by atoms with E-state index in [4.69, 9.17) is 17.0 Å². The summed E-state index contributed by atoms with van der Waals surface area (Å²) in [7, 11) is 1.56. The number of benzene rings is 2. The summed E-state index contributed by atoms with van der Waals surface area (Å²) >= 11 is 5.17. The molecule has 26 heavy (non-hydrogen) atoms. The largest absolute Gasteiger partial charge is 0.497 e. The average Bonchev–Trinajstić information content (AvgIpc) is 2.94. The van der Waals surface area contributed by atoms with Crippen LogP contribution in [0.25, 0.3) is 11.4 Å². The molecule has 1 heterocycles. The van der Waals surface area contributed by atoms with Gasteiger partial charge in [-0.3, -0.25) is 14.5 Å². The van der Waals surface area contributed by atoms with Crippen LogP contribution in [0.15, 0.2) is 42.5 Å². The molecular weight excluding hydrogens is 362 g/mol. The monoisotopic (exact) mass is 376 g/mol. The molecule has 0 aliphatic heterocycles. The average molecular weight is 376 g/mol. The summed E-state index contributed by atoms with van der Waals surface area (Å²) in [5.74, 6) is -0.918. The van der Waals surface area contributed by atoms with Gasteiger partial charge >= 0.3 is 0 Å². The first kappa shape index (κ1) is 17.7. The number of halogens is 2. The molecule has 6 nitrogen and oxygen atoms in total. The van der Waals surface area contributed by atoms with Crippen molar-refractivity contribution in [2.24, 2.45) is 0 Å². The Morgan fingerprint density at radius 2 is 1.88 bits per heavy atom. The van der Waals surface area contributed by atoms with Crippen molar-refractivity contribution in [3.8, 4) is 17.1 Å². The molecule has 9 heteroatoms. The lowest BCUT2D eigenvalue weighted by Gasteiger charge is -2.09. The number of hydrogen-bond donors (Lipinski definition) is 2. The molecule has 0 fully saturated rings. The molecule has 0 atom stereocenters. The highest BCUT2D eigenvalue weighted by atomic mass is 32.1. The van der Waals surface area contributed by atoms with E-state index in [1.807, 2.05) is 0 Å². The Kier molecular flexibility index (Phi) is 5.08. The Labute approximate surface area is 152 Å². The number of anilines is 1. The standard InChI is InChI=1S/C17H14F2N4O2S/c1-25-14-4-2-10(3-5-14)16-21-22-17(26)23(16)9-15(24)20-13-7-11(18)6-12(19)8-13/h2-8H,9H2,1H3,(H,20,24)(H,22,26). The van der Waals surface area contributed by atoms with Gasteiger partial charge in [-0.25, -0.2) is 8.78 Å². The molecule has 3 rings (SSSR count). The lowest BCUT2D eigenvalue weighted by molar-refractivity contribution is -0.116. The fourth-order valence-electron chi connectivity index (χ4n) is 2.39. The Morgan fingerprint density at radius 1 is 1.23 bits per heavy atom. The van der Waals surface area contributed by atoms with Gasteiger partial charge in [-0.2, -0.15) is 5.10 Å². The number of carbonyl (C=O) groups excluding carboxylic acids is 1. The lowest BCUT2D eigenvalue weighted by Crippen LogP contribution is -2.19. The van der Waals surface area contributed by atoms with Crippen LogP contribution in [0.4, 0.5) is 14.5 Å². The summed E-state index contributed by atoms with van der Waals surface area (Å²) in [5.41, 5.74) is 0.747. The van der Waals surface area contributed by atoms with Gasteiger partial charge in [-0.1, -0.05) is 0 Å². The molecule has 0 aliphatic carbocycles. The van der Waals surface area contributed by atoms with Crippen LogP contribution < -0.4 is 10.1 Å². The first-order valence-electron chi connectivity index (χ1n) is 7.52. The number of rotatable bonds is 5. The van der Waals surface area contributed by atoms with Gasteiger partial charge in [0.2, 0.25) is 5.91 Å². The van der Waals surface area contributed by atoms with E-state index in [1.165, 1.54) is 4.57 Å². The highest BCUT2D eigenvalue weighted by Crippen LogP contribution is 2.21. The number of H-pyrrole nitrogens is 1. The highest BCUT2D eigenvalue weighted by molar-refractivity contribution is 7.71. The Balaban J connectivity index is 1.82. The number of aromatic nitrogens is 3. The number of nitrogens with zero attached hydrogens (tertiary/aromatic N) is 2. The number of methoxy groups -OCH3 is 1. The van der Waals surface area contributed by atoms with Gasteiger partial charge in [0.05, 0.1) is 7.11 Å². The number of hydrogen-bond acceptors (Lipinski definition) is 4. The molecule has 1 amide bonds. The molecule has 0 saturated carbocycles. The van der Waals surface area contributed by atoms with Crippen molar-refractivity contribution in [3.05, 3.63) is 58.9 Å². The third kappa shape index (κ3) is 3.94. The molecule has 2 aromatic carbocycles. The van der Waals surface area contributed by atoms with E-state index < -0.39 is 17.5 Å². The fourth-order valence-corrected chi connectivity index (χ4v) is 2.59. The topological polar surface area (TPSA) is 71.9 Å². The maximum atomic E-state index is 13.2. The molecule has 0 bridgehead atoms. The van der Waals surface area contributed by atoms with E-state index in [0.29, 0.717) is 11.6 Å². The van der Waals surface area contributed by atoms with Crippen molar-refractivity contribution in [1.29, 1.82) is 0 Å². The molecule has 0 radical (unpaired) electrons. The molecule has 0 unspecified atom stereocenters. The highest BCUT2D eigenvalue weighted by Gasteiger charge is 2.13. The number of aromatic amines is 1. The molecule has 0 saturated heterocycles. The van der Waals surface area contributed by atoms with Crippen LogP contribution in [0.2, 0.25) is 0 Å². The molecule has 0 spiro atoms. The first-order chi connectivity index (χ1) is 12.5. The maximum Gasteiger partial charge on any atom is 0.244 e. The van der Waals surface area contributed by atoms with Crippen LogP contribution in [0, 0.1) is 16.4 Å². The molecule has 3 aromatic rings. The summed E-state index contributed by atoms with van der Waals surface area (Å²) < 4.78 is 33.3. The van der Waals surface area contributed by atoms with Crippen molar-refractivity contribution in [2.45, 2.75) is 6.54 Å². The Hall–Kier alpha value is -3.07. The van der Waals surface area contributed by atoms with Crippen LogP contribution in [-0.4, -0.2) is 27.8 Å². The van der Waals surface area contributed by atoms with Gasteiger partial charge in [0.25, 0.3) is 0 Å². The molecule has 134 valence electrons. The summed E-state index contributed by atoms with van der Waals surface area (Å²) in [6.45, 7) is -0.172. The van der Waals surface area contributed by atoms with Crippen LogP contribution >= 0.6 is 12.2 Å². The minimum Gasteiger partial charge on any atom is -0.497 e. The normalized spacial score (nSPS) is 10.6. The van der Waals surface area contributed by atoms with Crippen LogP contribution in [-0.2, 0) is 11.3 Å². The second kappa shape index (κ2) is 7.44. The second-order valence-corrected chi connectivity index (χ2v) is 5.76. The van der Waals surface area contributed by atoms with Gasteiger partial charge in [-0.15, -0.1) is 0 Å². The number of ether oxygens (including phenoxy) is 1. The minimum absolute atomic E-state index is 0.0218. The Bertz CT molecular complexity index is 978. The van der Waals surface area contributed by atoms with Crippen molar-refractivity contribution in [3.63, 3.8) is 0 Å². The summed E-state index contributed by atoms with van der Waals surface area (Å²) in [4.78, 5) is 12.3. The summed E-state index contributed by atoms with van der Waals surface area (Å²) in [6, 6.07) is 9.85. The van der Waals surface area contributed by atoms with E-state index >= 15 is 0 Å². The zero-order valence-electron chi connectivity index (χ0n) is 13.6. The van der Waals surface area contributed by atoms with Gasteiger partial charge in [0, 0.05) is 17.3 Å². The van der Waals surface area contributed by atoms with Crippen molar-refractivity contribution in [2.75, 3.05) is 12.4 Å². The molecule has 2 N–H and O–H groups in total. The number of carbonyl (C=O) groups is 1. The van der Waals surface area contributed by atoms with E-state index in [0.717, 1.165) is 23.8 Å². The number of nitrogens with one attached hydrogen (secondary N) is 2. The summed E-state index contributed by atoms with van der Waals surface area (Å²) in [5, 5.41) is 9.21. The maximum absolute atomic E-state index is 13.2. The third-order valence-corrected chi connectivity index (χ3v) is 3.87. The molecular formula is C17H14F2N4O2S. The number of amides is 1. The molecule has 1 aromatic heterocycles. The van der Waals surface area contributed by atoms with Crippen LogP contribution in [0.5, 0.6) is 5.75 Å². The Morgan fingerprint density at radius 3 is 2.50 bits per heavy atom. The second-order valence-electron chi connectivity index (χ2n) is 5.37. The van der Waals surface area contributed by atoms with Crippen molar-refractivity contribution >= 4 is 23.8 Å². The van der Waals surface area contributed by atoms with Gasteiger partial charge in [-0.05, 0) is 48.6 Å². The lowest BCUT2D eigenvalue weighted by atomic mass is 10.2. The van der Waals surface area contributed by atoms with E-state index in [1.54, 1.807) is 31.4 Å². The smallest absolute Gasteiger partial charge is 0.244 e. The van der Waals surface area contributed by atoms with Crippen LogP contribution in [0.3, 0.4) is 0 Å². The van der Waals surface area contributed by atoms with Gasteiger partial charge in [0.15, 0.2) is 10.6 Å². The summed E-state index contributed by atoms with van der Waals surface area (Å²) in [6.07, 6.45) is 0. The molecule has 0 aliphatic rings. The fraction of sp³-hybridized carbons (Fsp3) is 0.118. The van der Waals surface area contributed by atoms with Crippen molar-refractivity contribution < 1.29 is 18.3 Å². The van der Waals surface area contributed by atoms with Crippen LogP contribution in [0.1, 0.15) is 0 Å². The SMILES string of the molecule is COc1ccc(-c2n[nH]c(=S)n2CC(=O)Nc2cc(F)cc(F)c2)cc1. The van der Waals surface area contributed by atoms with E-state index in [2.05, 4.69) is 15.5 Å². The van der Waals surface area contributed by atoms with Crippen molar-refractivity contribution in [1.82, 2.24) is 14.8 Å². The quantitative estimate of drug-likeness (QED) is 0.668. The third-order valence-electron chi connectivity index (χ3n) is 3.55. The minimum atomic E-state index is -0.779. The van der Waals surface area contributed by atoms with E-state index in [9.17, 15) is 13.6 Å². The predicted octanol–water partition coefficient (Wildman–Crippen LogP) is 3.53. The van der Waals surface area contributed by atoms with Gasteiger partial charge in [0.1, 0.15) is 23.9 Å². The van der Waals surface area contributed by atoms with Gasteiger partial charge < -0.3 is 10.1 Å². The first-order valence-corrected chi connectivity index (χ1v) is 7.92. The zero-order chi connectivity index (χ0) is 18.7. The van der Waals surface area contributed by atoms with E-state index in [-0.39, 0.29) is 17.0 Å².